The molecule has 0 aliphatic carbocycles. The van der Waals surface area contributed by atoms with E-state index < -0.39 is 0 Å². The van der Waals surface area contributed by atoms with Gasteiger partial charge in [-0.1, -0.05) is 0 Å². The molecule has 2 aromatic heterocycles. The van der Waals surface area contributed by atoms with Crippen molar-refractivity contribution in [2.75, 3.05) is 6.54 Å². The lowest BCUT2D eigenvalue weighted by molar-refractivity contribution is 0.683. The summed E-state index contributed by atoms with van der Waals surface area (Å²) >= 11 is 0. The Kier molecular flexibility index (Phi) is 3.88. The molecular weight excluding hydrogens is 212 g/mol. The molecule has 2 rings (SSSR count). The van der Waals surface area contributed by atoms with E-state index in [9.17, 15) is 0 Å². The summed E-state index contributed by atoms with van der Waals surface area (Å²) in [6.07, 6.45) is 8.72. The van der Waals surface area contributed by atoms with E-state index >= 15 is 0 Å². The molecule has 0 unspecified atom stereocenters. The largest absolute Gasteiger partial charge is 0.312 e. The second-order valence-electron chi connectivity index (χ2n) is 4.25. The van der Waals surface area contributed by atoms with Crippen LogP contribution in [0, 0.1) is 6.92 Å². The SMILES string of the molecule is Cc1cnccc1CNCCc1cnn(C)c1. The molecule has 1 N–H and O–H groups in total. The first-order chi connectivity index (χ1) is 8.25. The molecule has 4 nitrogen and oxygen atoms in total. The van der Waals surface area contributed by atoms with Crippen molar-refractivity contribution in [2.24, 2.45) is 7.05 Å². The monoisotopic (exact) mass is 230 g/mol. The van der Waals surface area contributed by atoms with E-state index in [1.54, 1.807) is 0 Å². The van der Waals surface area contributed by atoms with Crippen molar-refractivity contribution in [1.82, 2.24) is 20.1 Å². The first kappa shape index (κ1) is 11.8. The Balaban J connectivity index is 1.75. The first-order valence-electron chi connectivity index (χ1n) is 5.83. The fraction of sp³-hybridized carbons (Fsp3) is 0.385. The third kappa shape index (κ3) is 3.39. The van der Waals surface area contributed by atoms with E-state index in [0.29, 0.717) is 0 Å². The van der Waals surface area contributed by atoms with Crippen molar-refractivity contribution in [2.45, 2.75) is 19.9 Å². The molecule has 0 atom stereocenters. The first-order valence-corrected chi connectivity index (χ1v) is 5.83. The number of hydrogen-bond acceptors (Lipinski definition) is 3. The normalized spacial score (nSPS) is 10.7. The molecule has 0 spiro atoms. The molecule has 0 amide bonds. The fourth-order valence-corrected chi connectivity index (χ4v) is 1.76. The highest BCUT2D eigenvalue weighted by molar-refractivity contribution is 5.21. The van der Waals surface area contributed by atoms with Crippen molar-refractivity contribution in [3.63, 3.8) is 0 Å². The minimum atomic E-state index is 0.897. The van der Waals surface area contributed by atoms with E-state index in [0.717, 1.165) is 19.5 Å². The van der Waals surface area contributed by atoms with E-state index in [1.165, 1.54) is 16.7 Å². The topological polar surface area (TPSA) is 42.7 Å². The summed E-state index contributed by atoms with van der Waals surface area (Å²) in [6.45, 7) is 3.95. The average Bonchev–Trinajstić information content (AvgIpc) is 2.73. The van der Waals surface area contributed by atoms with Gasteiger partial charge in [0.25, 0.3) is 0 Å². The quantitative estimate of drug-likeness (QED) is 0.791. The zero-order valence-electron chi connectivity index (χ0n) is 10.3. The van der Waals surface area contributed by atoms with Crippen molar-refractivity contribution in [3.05, 3.63) is 47.5 Å². The van der Waals surface area contributed by atoms with Gasteiger partial charge in [-0.15, -0.1) is 0 Å². The molecule has 0 aliphatic heterocycles. The Morgan fingerprint density at radius 2 is 2.24 bits per heavy atom. The highest BCUT2D eigenvalue weighted by Crippen LogP contribution is 2.04. The lowest BCUT2D eigenvalue weighted by atomic mass is 10.1. The van der Waals surface area contributed by atoms with Crippen LogP contribution in [-0.4, -0.2) is 21.3 Å². The second kappa shape index (κ2) is 5.59. The van der Waals surface area contributed by atoms with Crippen LogP contribution < -0.4 is 5.32 Å². The highest BCUT2D eigenvalue weighted by atomic mass is 15.2. The summed E-state index contributed by atoms with van der Waals surface area (Å²) in [6, 6.07) is 2.06. The van der Waals surface area contributed by atoms with Crippen LogP contribution in [0.15, 0.2) is 30.9 Å². The number of aryl methyl sites for hydroxylation is 2. The number of rotatable bonds is 5. The lowest BCUT2D eigenvalue weighted by Gasteiger charge is -2.06. The molecule has 0 saturated carbocycles. The molecule has 90 valence electrons. The van der Waals surface area contributed by atoms with E-state index in [4.69, 9.17) is 0 Å². The molecule has 0 radical (unpaired) electrons. The number of hydrogen-bond donors (Lipinski definition) is 1. The van der Waals surface area contributed by atoms with Gasteiger partial charge in [0.05, 0.1) is 6.20 Å². The van der Waals surface area contributed by atoms with Gasteiger partial charge in [0.2, 0.25) is 0 Å². The third-order valence-electron chi connectivity index (χ3n) is 2.80. The van der Waals surface area contributed by atoms with Crippen LogP contribution in [0.3, 0.4) is 0 Å². The summed E-state index contributed by atoms with van der Waals surface area (Å²) in [5, 5.41) is 7.58. The van der Waals surface area contributed by atoms with Crippen LogP contribution in [0.1, 0.15) is 16.7 Å². The molecule has 0 bridgehead atoms. The van der Waals surface area contributed by atoms with Crippen LogP contribution in [0.2, 0.25) is 0 Å². The van der Waals surface area contributed by atoms with Gasteiger partial charge in [-0.3, -0.25) is 9.67 Å². The summed E-state index contributed by atoms with van der Waals surface area (Å²) in [4.78, 5) is 4.08. The van der Waals surface area contributed by atoms with Gasteiger partial charge in [0.15, 0.2) is 0 Å². The Morgan fingerprint density at radius 1 is 1.35 bits per heavy atom. The Bertz CT molecular complexity index is 476. The van der Waals surface area contributed by atoms with Crippen molar-refractivity contribution >= 4 is 0 Å². The minimum Gasteiger partial charge on any atom is -0.312 e. The Hall–Kier alpha value is -1.68. The summed E-state index contributed by atoms with van der Waals surface area (Å²) in [7, 11) is 1.94. The van der Waals surface area contributed by atoms with Gasteiger partial charge in [0, 0.05) is 32.2 Å². The molecule has 17 heavy (non-hydrogen) atoms. The molecule has 2 aromatic rings. The average molecular weight is 230 g/mol. The third-order valence-corrected chi connectivity index (χ3v) is 2.80. The summed E-state index contributed by atoms with van der Waals surface area (Å²) in [5.41, 5.74) is 3.82. The number of nitrogens with one attached hydrogen (secondary N) is 1. The van der Waals surface area contributed by atoms with Crippen molar-refractivity contribution in [1.29, 1.82) is 0 Å². The maximum Gasteiger partial charge on any atom is 0.0522 e. The van der Waals surface area contributed by atoms with Crippen molar-refractivity contribution in [3.8, 4) is 0 Å². The standard InChI is InChI=1S/C13H18N4/c1-11-7-14-6-4-13(11)9-15-5-3-12-8-16-17(2)10-12/h4,6-8,10,15H,3,5,9H2,1-2H3. The van der Waals surface area contributed by atoms with E-state index in [1.807, 2.05) is 30.3 Å². The summed E-state index contributed by atoms with van der Waals surface area (Å²) in [5.74, 6) is 0. The van der Waals surface area contributed by atoms with Crippen LogP contribution >= 0.6 is 0 Å². The zero-order valence-corrected chi connectivity index (χ0v) is 10.3. The molecule has 0 fully saturated rings. The summed E-state index contributed by atoms with van der Waals surface area (Å²) < 4.78 is 1.84. The molecule has 2 heterocycles. The van der Waals surface area contributed by atoms with Crippen LogP contribution in [0.4, 0.5) is 0 Å². The maximum atomic E-state index is 4.15. The van der Waals surface area contributed by atoms with Crippen LogP contribution in [0.25, 0.3) is 0 Å². The van der Waals surface area contributed by atoms with Gasteiger partial charge >= 0.3 is 0 Å². The van der Waals surface area contributed by atoms with Crippen LogP contribution in [-0.2, 0) is 20.0 Å². The predicted octanol–water partition coefficient (Wildman–Crippen LogP) is 1.46. The highest BCUT2D eigenvalue weighted by Gasteiger charge is 1.98. The minimum absolute atomic E-state index is 0.897. The predicted molar refractivity (Wildman–Crippen MR) is 67.6 cm³/mol. The van der Waals surface area contributed by atoms with Gasteiger partial charge in [-0.25, -0.2) is 0 Å². The number of aromatic nitrogens is 3. The smallest absolute Gasteiger partial charge is 0.0522 e. The van der Waals surface area contributed by atoms with E-state index in [2.05, 4.69) is 34.6 Å². The molecular formula is C13H18N4. The van der Waals surface area contributed by atoms with Gasteiger partial charge < -0.3 is 5.32 Å². The van der Waals surface area contributed by atoms with Gasteiger partial charge in [0.1, 0.15) is 0 Å². The Morgan fingerprint density at radius 3 is 2.94 bits per heavy atom. The van der Waals surface area contributed by atoms with Crippen molar-refractivity contribution < 1.29 is 0 Å². The fourth-order valence-electron chi connectivity index (χ4n) is 1.76. The van der Waals surface area contributed by atoms with E-state index in [-0.39, 0.29) is 0 Å². The second-order valence-corrected chi connectivity index (χ2v) is 4.25. The van der Waals surface area contributed by atoms with Gasteiger partial charge in [-0.05, 0) is 42.6 Å². The Labute approximate surface area is 102 Å². The lowest BCUT2D eigenvalue weighted by Crippen LogP contribution is -2.17. The number of nitrogens with zero attached hydrogens (tertiary/aromatic N) is 3. The maximum absolute atomic E-state index is 4.15. The molecule has 4 heteroatoms. The molecule has 0 saturated heterocycles. The molecule has 0 aliphatic rings. The molecule has 0 aromatic carbocycles. The zero-order chi connectivity index (χ0) is 12.1. The van der Waals surface area contributed by atoms with Crippen LogP contribution in [0.5, 0.6) is 0 Å². The van der Waals surface area contributed by atoms with Gasteiger partial charge in [-0.2, -0.15) is 5.10 Å². The number of pyridine rings is 1.